The molecule has 3 aromatic heterocycles. The normalized spacial score (nSPS) is 13.4. The molecule has 0 saturated carbocycles. The Morgan fingerprint density at radius 2 is 1.90 bits per heavy atom. The molecule has 4 rings (SSSR count). The van der Waals surface area contributed by atoms with E-state index < -0.39 is 5.60 Å². The maximum absolute atomic E-state index is 11.9. The molecule has 1 atom stereocenters. The first-order valence-electron chi connectivity index (χ1n) is 8.86. The van der Waals surface area contributed by atoms with E-state index in [0.29, 0.717) is 27.9 Å². The Kier molecular flexibility index (Phi) is 4.64. The van der Waals surface area contributed by atoms with Crippen LogP contribution in [0, 0.1) is 6.92 Å². The number of aliphatic hydroxyl groups is 1. The molecule has 0 amide bonds. The van der Waals surface area contributed by atoms with E-state index in [4.69, 9.17) is 16.3 Å². The molecule has 4 aromatic rings. The average molecular weight is 411 g/mol. The van der Waals surface area contributed by atoms with Crippen LogP contribution < -0.4 is 4.74 Å². The number of aryl methyl sites for hydroxylation is 2. The Hall–Kier alpha value is -3.16. The molecule has 7 nitrogen and oxygen atoms in total. The van der Waals surface area contributed by atoms with Crippen molar-refractivity contribution < 1.29 is 14.9 Å². The summed E-state index contributed by atoms with van der Waals surface area (Å²) in [5, 5.41) is 22.8. The zero-order chi connectivity index (χ0) is 20.8. The van der Waals surface area contributed by atoms with E-state index >= 15 is 0 Å². The van der Waals surface area contributed by atoms with Crippen molar-refractivity contribution >= 4 is 22.5 Å². The lowest BCUT2D eigenvalue weighted by Gasteiger charge is -2.29. The smallest absolute Gasteiger partial charge is 0.258 e. The highest BCUT2D eigenvalue weighted by Crippen LogP contribution is 2.41. The highest BCUT2D eigenvalue weighted by Gasteiger charge is 2.38. The van der Waals surface area contributed by atoms with Gasteiger partial charge in [-0.3, -0.25) is 4.98 Å². The standard InChI is InChI=1S/C21H19ClN4O3/c1-12-4-5-14(11-24-12)21(28,20-23-8-9-26(20)2)13-6-7-16-15(10-13)17(22)18(27)19(25-16)29-3/h4-11,27-28H,1-3H3. The quantitative estimate of drug-likeness (QED) is 0.536. The van der Waals surface area contributed by atoms with E-state index in [1.807, 2.05) is 19.1 Å². The monoisotopic (exact) mass is 410 g/mol. The number of nitrogens with zero attached hydrogens (tertiary/aromatic N) is 4. The minimum Gasteiger partial charge on any atom is -0.502 e. The van der Waals surface area contributed by atoms with Gasteiger partial charge in [0, 0.05) is 42.3 Å². The van der Waals surface area contributed by atoms with Crippen molar-refractivity contribution in [2.24, 2.45) is 7.05 Å². The molecular formula is C21H19ClN4O3. The lowest BCUT2D eigenvalue weighted by atomic mass is 9.85. The molecule has 29 heavy (non-hydrogen) atoms. The fourth-order valence-electron chi connectivity index (χ4n) is 3.38. The number of aromatic hydroxyl groups is 1. The second kappa shape index (κ2) is 7.02. The van der Waals surface area contributed by atoms with Gasteiger partial charge in [-0.25, -0.2) is 9.97 Å². The predicted octanol–water partition coefficient (Wildman–Crippen LogP) is 3.32. The van der Waals surface area contributed by atoms with Gasteiger partial charge in [-0.1, -0.05) is 23.7 Å². The summed E-state index contributed by atoms with van der Waals surface area (Å²) in [7, 11) is 3.21. The van der Waals surface area contributed by atoms with Crippen molar-refractivity contribution in [1.29, 1.82) is 0 Å². The number of methoxy groups -OCH3 is 1. The maximum atomic E-state index is 11.9. The van der Waals surface area contributed by atoms with Crippen LogP contribution in [0.3, 0.4) is 0 Å². The zero-order valence-electron chi connectivity index (χ0n) is 16.1. The lowest BCUT2D eigenvalue weighted by Crippen LogP contribution is -2.32. The Labute approximate surface area is 172 Å². The topological polar surface area (TPSA) is 93.3 Å². The maximum Gasteiger partial charge on any atom is 0.258 e. The van der Waals surface area contributed by atoms with E-state index in [2.05, 4.69) is 15.0 Å². The largest absolute Gasteiger partial charge is 0.502 e. The van der Waals surface area contributed by atoms with E-state index in [-0.39, 0.29) is 16.7 Å². The number of hydrogen-bond acceptors (Lipinski definition) is 6. The number of rotatable bonds is 4. The van der Waals surface area contributed by atoms with Gasteiger partial charge >= 0.3 is 0 Å². The van der Waals surface area contributed by atoms with Crippen molar-refractivity contribution in [1.82, 2.24) is 19.5 Å². The molecule has 0 fully saturated rings. The third kappa shape index (κ3) is 2.99. The van der Waals surface area contributed by atoms with Gasteiger partial charge in [-0.05, 0) is 30.7 Å². The molecule has 0 aliphatic heterocycles. The highest BCUT2D eigenvalue weighted by molar-refractivity contribution is 6.37. The fraction of sp³-hybridized carbons (Fsp3) is 0.190. The van der Waals surface area contributed by atoms with Gasteiger partial charge in [0.05, 0.1) is 17.6 Å². The zero-order valence-corrected chi connectivity index (χ0v) is 16.8. The van der Waals surface area contributed by atoms with Crippen LogP contribution in [0.4, 0.5) is 0 Å². The molecule has 0 spiro atoms. The minimum absolute atomic E-state index is 0.0392. The van der Waals surface area contributed by atoms with Gasteiger partial charge in [-0.15, -0.1) is 0 Å². The first kappa shape index (κ1) is 19.2. The summed E-state index contributed by atoms with van der Waals surface area (Å²) in [5.74, 6) is 0.206. The first-order valence-corrected chi connectivity index (χ1v) is 9.24. The van der Waals surface area contributed by atoms with Gasteiger partial charge in [0.1, 0.15) is 5.82 Å². The molecule has 2 N–H and O–H groups in total. The highest BCUT2D eigenvalue weighted by atomic mass is 35.5. The van der Waals surface area contributed by atoms with Crippen LogP contribution in [-0.2, 0) is 12.6 Å². The summed E-state index contributed by atoms with van der Waals surface area (Å²) < 4.78 is 6.82. The Balaban J connectivity index is 2.01. The molecule has 8 heteroatoms. The lowest BCUT2D eigenvalue weighted by molar-refractivity contribution is 0.112. The SMILES string of the molecule is COc1nc2ccc(C(O)(c3ccc(C)nc3)c3nccn3C)cc2c(Cl)c1O. The number of imidazole rings is 1. The van der Waals surface area contributed by atoms with Gasteiger partial charge in [0.2, 0.25) is 0 Å². The van der Waals surface area contributed by atoms with Crippen molar-refractivity contribution in [3.05, 3.63) is 76.6 Å². The van der Waals surface area contributed by atoms with Crippen molar-refractivity contribution in [3.8, 4) is 11.6 Å². The third-order valence-electron chi connectivity index (χ3n) is 4.95. The third-order valence-corrected chi connectivity index (χ3v) is 5.33. The van der Waals surface area contributed by atoms with Crippen molar-refractivity contribution in [3.63, 3.8) is 0 Å². The van der Waals surface area contributed by atoms with Crippen LogP contribution in [0.25, 0.3) is 10.9 Å². The molecule has 1 unspecified atom stereocenters. The summed E-state index contributed by atoms with van der Waals surface area (Å²) in [5.41, 5.74) is 0.833. The van der Waals surface area contributed by atoms with Crippen molar-refractivity contribution in [2.75, 3.05) is 7.11 Å². The number of halogens is 1. The number of hydrogen-bond donors (Lipinski definition) is 2. The Bertz CT molecular complexity index is 1210. The number of pyridine rings is 2. The van der Waals surface area contributed by atoms with Gasteiger partial charge in [0.25, 0.3) is 5.88 Å². The molecule has 0 aliphatic carbocycles. The molecule has 3 heterocycles. The minimum atomic E-state index is -1.59. The molecule has 0 saturated heterocycles. The molecular weight excluding hydrogens is 392 g/mol. The predicted molar refractivity (Wildman–Crippen MR) is 109 cm³/mol. The van der Waals surface area contributed by atoms with Crippen LogP contribution in [0.2, 0.25) is 5.02 Å². The summed E-state index contributed by atoms with van der Waals surface area (Å²) in [6, 6.07) is 8.80. The van der Waals surface area contributed by atoms with Gasteiger partial charge < -0.3 is 19.5 Å². The molecule has 148 valence electrons. The van der Waals surface area contributed by atoms with Crippen LogP contribution in [-0.4, -0.2) is 36.8 Å². The summed E-state index contributed by atoms with van der Waals surface area (Å²) in [4.78, 5) is 13.0. The Morgan fingerprint density at radius 3 is 2.52 bits per heavy atom. The van der Waals surface area contributed by atoms with Gasteiger partial charge in [-0.2, -0.15) is 0 Å². The number of fused-ring (bicyclic) bond motifs is 1. The van der Waals surface area contributed by atoms with Crippen LogP contribution in [0.5, 0.6) is 11.6 Å². The molecule has 0 bridgehead atoms. The molecule has 0 aliphatic rings. The van der Waals surface area contributed by atoms with Crippen LogP contribution in [0.1, 0.15) is 22.6 Å². The van der Waals surface area contributed by atoms with E-state index in [1.165, 1.54) is 7.11 Å². The van der Waals surface area contributed by atoms with Crippen molar-refractivity contribution in [2.45, 2.75) is 12.5 Å². The second-order valence-electron chi connectivity index (χ2n) is 6.78. The Morgan fingerprint density at radius 1 is 1.14 bits per heavy atom. The van der Waals surface area contributed by atoms with Crippen LogP contribution in [0.15, 0.2) is 48.9 Å². The number of benzene rings is 1. The summed E-state index contributed by atoms with van der Waals surface area (Å²) >= 11 is 6.37. The molecule has 0 radical (unpaired) electrons. The summed E-state index contributed by atoms with van der Waals surface area (Å²) in [6.07, 6.45) is 5.00. The number of ether oxygens (including phenoxy) is 1. The van der Waals surface area contributed by atoms with E-state index in [1.54, 1.807) is 48.4 Å². The van der Waals surface area contributed by atoms with E-state index in [9.17, 15) is 10.2 Å². The van der Waals surface area contributed by atoms with Crippen LogP contribution >= 0.6 is 11.6 Å². The summed E-state index contributed by atoms with van der Waals surface area (Å²) in [6.45, 7) is 1.88. The van der Waals surface area contributed by atoms with E-state index in [0.717, 1.165) is 5.69 Å². The number of aromatic nitrogens is 4. The average Bonchev–Trinajstić information content (AvgIpc) is 3.16. The second-order valence-corrected chi connectivity index (χ2v) is 7.15. The first-order chi connectivity index (χ1) is 13.9. The fourth-order valence-corrected chi connectivity index (χ4v) is 3.61. The molecule has 1 aromatic carbocycles. The van der Waals surface area contributed by atoms with Gasteiger partial charge in [0.15, 0.2) is 11.4 Å².